The number of hydrogen-bond acceptors (Lipinski definition) is 2. The first-order valence-electron chi connectivity index (χ1n) is 4.63. The van der Waals surface area contributed by atoms with Crippen molar-refractivity contribution in [1.29, 1.82) is 0 Å². The van der Waals surface area contributed by atoms with E-state index in [9.17, 15) is 4.79 Å². The van der Waals surface area contributed by atoms with Crippen molar-refractivity contribution in [1.82, 2.24) is 0 Å². The monoisotopic (exact) mass is 188 g/mol. The predicted octanol–water partition coefficient (Wildman–Crippen LogP) is 2.36. The minimum Gasteiger partial charge on any atom is -0.466 e. The van der Waals surface area contributed by atoms with Crippen LogP contribution in [0.25, 0.3) is 6.08 Å². The highest BCUT2D eigenvalue weighted by Gasteiger charge is 2.25. The molecule has 2 rings (SSSR count). The van der Waals surface area contributed by atoms with Crippen LogP contribution >= 0.6 is 0 Å². The molecule has 1 aliphatic rings. The maximum atomic E-state index is 11.4. The van der Waals surface area contributed by atoms with E-state index in [4.69, 9.17) is 4.74 Å². The molecule has 0 saturated carbocycles. The Morgan fingerprint density at radius 2 is 2.07 bits per heavy atom. The summed E-state index contributed by atoms with van der Waals surface area (Å²) in [5.74, 6) is -0.0765. The van der Waals surface area contributed by atoms with E-state index in [0.717, 1.165) is 11.1 Å². The number of esters is 1. The summed E-state index contributed by atoms with van der Waals surface area (Å²) in [5.41, 5.74) is 3.07. The minimum absolute atomic E-state index is 0.152. The summed E-state index contributed by atoms with van der Waals surface area (Å²) in [6.45, 7) is 2.02. The molecule has 2 heteroatoms. The van der Waals surface area contributed by atoms with Gasteiger partial charge in [-0.15, -0.1) is 0 Å². The highest BCUT2D eigenvalue weighted by atomic mass is 16.5. The van der Waals surface area contributed by atoms with Crippen LogP contribution in [0, 0.1) is 0 Å². The summed E-state index contributed by atoms with van der Waals surface area (Å²) >= 11 is 0. The molecule has 0 bridgehead atoms. The molecule has 0 saturated heterocycles. The van der Waals surface area contributed by atoms with Crippen molar-refractivity contribution >= 4 is 12.0 Å². The molecule has 1 aromatic carbocycles. The zero-order chi connectivity index (χ0) is 10.1. The Balaban J connectivity index is 2.41. The zero-order valence-corrected chi connectivity index (χ0v) is 8.28. The first kappa shape index (κ1) is 9.00. The first-order chi connectivity index (χ1) is 6.74. The molecule has 2 nitrogen and oxygen atoms in total. The molecule has 1 atom stereocenters. The second kappa shape index (κ2) is 3.29. The summed E-state index contributed by atoms with van der Waals surface area (Å²) in [4.78, 5) is 11.4. The third-order valence-corrected chi connectivity index (χ3v) is 2.66. The Morgan fingerprint density at radius 1 is 1.36 bits per heavy atom. The molecule has 0 aromatic heterocycles. The average molecular weight is 188 g/mol. The van der Waals surface area contributed by atoms with E-state index >= 15 is 0 Å². The van der Waals surface area contributed by atoms with E-state index in [0.29, 0.717) is 0 Å². The van der Waals surface area contributed by atoms with Crippen LogP contribution in [-0.2, 0) is 9.53 Å². The molecule has 0 fully saturated rings. The van der Waals surface area contributed by atoms with Crippen LogP contribution in [0.4, 0.5) is 0 Å². The van der Waals surface area contributed by atoms with E-state index < -0.39 is 0 Å². The van der Waals surface area contributed by atoms with Gasteiger partial charge in [0.2, 0.25) is 0 Å². The van der Waals surface area contributed by atoms with Crippen molar-refractivity contribution in [2.45, 2.75) is 12.8 Å². The fourth-order valence-corrected chi connectivity index (χ4v) is 1.85. The smallest absolute Gasteiger partial charge is 0.334 e. The van der Waals surface area contributed by atoms with Crippen LogP contribution in [0.15, 0.2) is 29.8 Å². The Kier molecular flexibility index (Phi) is 2.12. The quantitative estimate of drug-likeness (QED) is 0.632. The summed E-state index contributed by atoms with van der Waals surface area (Å²) in [6.07, 6.45) is 1.91. The van der Waals surface area contributed by atoms with Crippen LogP contribution in [0.5, 0.6) is 0 Å². The van der Waals surface area contributed by atoms with Gasteiger partial charge in [-0.3, -0.25) is 0 Å². The number of methoxy groups -OCH3 is 1. The Bertz CT molecular complexity index is 405. The lowest BCUT2D eigenvalue weighted by Gasteiger charge is -2.08. The fraction of sp³-hybridized carbons (Fsp3) is 0.250. The van der Waals surface area contributed by atoms with E-state index in [1.807, 2.05) is 37.3 Å². The van der Waals surface area contributed by atoms with E-state index in [1.165, 1.54) is 12.7 Å². The minimum atomic E-state index is -0.228. The van der Waals surface area contributed by atoms with Crippen LogP contribution < -0.4 is 0 Å². The van der Waals surface area contributed by atoms with Crippen molar-refractivity contribution in [3.05, 3.63) is 41.0 Å². The van der Waals surface area contributed by atoms with Gasteiger partial charge in [0.05, 0.1) is 7.11 Å². The summed E-state index contributed by atoms with van der Waals surface area (Å²) in [5, 5.41) is 0. The molecule has 1 aliphatic carbocycles. The number of rotatable bonds is 1. The molecule has 14 heavy (non-hydrogen) atoms. The SMILES string of the molecule is COC(=O)C1=Cc2ccccc2C1C. The molecular weight excluding hydrogens is 176 g/mol. The van der Waals surface area contributed by atoms with Gasteiger partial charge in [-0.1, -0.05) is 31.2 Å². The van der Waals surface area contributed by atoms with Gasteiger partial charge < -0.3 is 4.74 Å². The van der Waals surface area contributed by atoms with E-state index in [-0.39, 0.29) is 11.9 Å². The maximum Gasteiger partial charge on any atom is 0.334 e. The van der Waals surface area contributed by atoms with Gasteiger partial charge in [0.15, 0.2) is 0 Å². The molecule has 0 spiro atoms. The van der Waals surface area contributed by atoms with Crippen molar-refractivity contribution in [3.63, 3.8) is 0 Å². The van der Waals surface area contributed by atoms with E-state index in [2.05, 4.69) is 0 Å². The number of fused-ring (bicyclic) bond motifs is 1. The number of carbonyl (C=O) groups excluding carboxylic acids is 1. The lowest BCUT2D eigenvalue weighted by Crippen LogP contribution is -2.07. The second-order valence-corrected chi connectivity index (χ2v) is 3.44. The Morgan fingerprint density at radius 3 is 2.71 bits per heavy atom. The third-order valence-electron chi connectivity index (χ3n) is 2.66. The lowest BCUT2D eigenvalue weighted by atomic mass is 9.98. The number of carbonyl (C=O) groups is 1. The van der Waals surface area contributed by atoms with E-state index in [1.54, 1.807) is 0 Å². The fourth-order valence-electron chi connectivity index (χ4n) is 1.85. The lowest BCUT2D eigenvalue weighted by molar-refractivity contribution is -0.136. The largest absolute Gasteiger partial charge is 0.466 e. The van der Waals surface area contributed by atoms with Gasteiger partial charge in [-0.05, 0) is 17.2 Å². The van der Waals surface area contributed by atoms with Crippen molar-refractivity contribution in [3.8, 4) is 0 Å². The molecule has 72 valence electrons. The number of ether oxygens (including phenoxy) is 1. The van der Waals surface area contributed by atoms with Crippen molar-refractivity contribution < 1.29 is 9.53 Å². The summed E-state index contributed by atoms with van der Waals surface area (Å²) < 4.78 is 4.73. The Hall–Kier alpha value is -1.57. The Labute approximate surface area is 83.2 Å². The molecule has 0 aliphatic heterocycles. The third kappa shape index (κ3) is 1.23. The molecule has 0 amide bonds. The molecule has 1 aromatic rings. The first-order valence-corrected chi connectivity index (χ1v) is 4.63. The van der Waals surface area contributed by atoms with Crippen LogP contribution in [-0.4, -0.2) is 13.1 Å². The van der Waals surface area contributed by atoms with Crippen LogP contribution in [0.2, 0.25) is 0 Å². The summed E-state index contributed by atoms with van der Waals surface area (Å²) in [7, 11) is 1.42. The number of benzene rings is 1. The molecule has 0 radical (unpaired) electrons. The van der Waals surface area contributed by atoms with Crippen LogP contribution in [0.3, 0.4) is 0 Å². The van der Waals surface area contributed by atoms with Gasteiger partial charge in [0.25, 0.3) is 0 Å². The molecule has 0 N–H and O–H groups in total. The van der Waals surface area contributed by atoms with Gasteiger partial charge in [0.1, 0.15) is 0 Å². The van der Waals surface area contributed by atoms with Crippen molar-refractivity contribution in [2.24, 2.45) is 0 Å². The van der Waals surface area contributed by atoms with Gasteiger partial charge in [-0.2, -0.15) is 0 Å². The van der Waals surface area contributed by atoms with Crippen molar-refractivity contribution in [2.75, 3.05) is 7.11 Å². The molecule has 0 heterocycles. The van der Waals surface area contributed by atoms with Crippen LogP contribution in [0.1, 0.15) is 24.0 Å². The van der Waals surface area contributed by atoms with Gasteiger partial charge in [0, 0.05) is 11.5 Å². The standard InChI is InChI=1S/C12H12O2/c1-8-10-6-4-3-5-9(10)7-11(8)12(13)14-2/h3-8H,1-2H3. The highest BCUT2D eigenvalue weighted by molar-refractivity contribution is 5.98. The molecule has 1 unspecified atom stereocenters. The predicted molar refractivity (Wildman–Crippen MR) is 54.9 cm³/mol. The molecular formula is C12H12O2. The number of hydrogen-bond donors (Lipinski definition) is 0. The van der Waals surface area contributed by atoms with Gasteiger partial charge in [-0.25, -0.2) is 4.79 Å². The topological polar surface area (TPSA) is 26.3 Å². The normalized spacial score (nSPS) is 18.7. The average Bonchev–Trinajstić information content (AvgIpc) is 2.56. The second-order valence-electron chi connectivity index (χ2n) is 3.44. The zero-order valence-electron chi connectivity index (χ0n) is 8.28. The summed E-state index contributed by atoms with van der Waals surface area (Å²) in [6, 6.07) is 8.03. The van der Waals surface area contributed by atoms with Gasteiger partial charge >= 0.3 is 5.97 Å². The maximum absolute atomic E-state index is 11.4. The highest BCUT2D eigenvalue weighted by Crippen LogP contribution is 2.35.